The third kappa shape index (κ3) is 2.37. The van der Waals surface area contributed by atoms with Crippen LogP contribution in [-0.2, 0) is 5.54 Å². The number of pyridine rings is 1. The second-order valence-corrected chi connectivity index (χ2v) is 5.94. The summed E-state index contributed by atoms with van der Waals surface area (Å²) in [4.78, 5) is 4.45. The topological polar surface area (TPSA) is 38.9 Å². The lowest BCUT2D eigenvalue weighted by molar-refractivity contribution is 0.221. The molecule has 0 amide bonds. The molecule has 2 N–H and O–H groups in total. The first-order valence-corrected chi connectivity index (χ1v) is 7.35. The number of nitrogens with zero attached hydrogens (tertiary/aromatic N) is 1. The van der Waals surface area contributed by atoms with Gasteiger partial charge in [0, 0.05) is 17.1 Å². The highest BCUT2D eigenvalue weighted by molar-refractivity contribution is 5.79. The Morgan fingerprint density at radius 2 is 2.26 bits per heavy atom. The smallest absolute Gasteiger partial charge is 0.0705 e. The number of nitrogens with two attached hydrogens (primary N) is 1. The molecule has 3 rings (SSSR count). The lowest BCUT2D eigenvalue weighted by Crippen LogP contribution is -2.41. The minimum atomic E-state index is -0.148. The number of hydrogen-bond acceptors (Lipinski definition) is 2. The van der Waals surface area contributed by atoms with Crippen LogP contribution < -0.4 is 5.73 Å². The van der Waals surface area contributed by atoms with Gasteiger partial charge in [0.2, 0.25) is 0 Å². The molecule has 1 heterocycles. The van der Waals surface area contributed by atoms with Gasteiger partial charge in [-0.05, 0) is 36.5 Å². The molecule has 0 spiro atoms. The molecule has 0 radical (unpaired) electrons. The summed E-state index contributed by atoms with van der Waals surface area (Å²) in [5, 5.41) is 1.19. The van der Waals surface area contributed by atoms with E-state index in [4.69, 9.17) is 5.73 Å². The fourth-order valence-corrected chi connectivity index (χ4v) is 3.41. The minimum absolute atomic E-state index is 0.148. The number of aromatic nitrogens is 1. The van der Waals surface area contributed by atoms with Gasteiger partial charge in [-0.15, -0.1) is 0 Å². The summed E-state index contributed by atoms with van der Waals surface area (Å²) in [5.74, 6) is 0.776. The van der Waals surface area contributed by atoms with E-state index in [9.17, 15) is 0 Å². The predicted molar refractivity (Wildman–Crippen MR) is 79.9 cm³/mol. The van der Waals surface area contributed by atoms with Crippen molar-refractivity contribution in [1.82, 2.24) is 4.98 Å². The molecule has 1 fully saturated rings. The zero-order valence-corrected chi connectivity index (χ0v) is 11.6. The van der Waals surface area contributed by atoms with Crippen molar-refractivity contribution in [2.75, 3.05) is 0 Å². The molecule has 2 unspecified atom stereocenters. The van der Waals surface area contributed by atoms with Crippen LogP contribution in [-0.4, -0.2) is 4.98 Å². The maximum Gasteiger partial charge on any atom is 0.0705 e. The van der Waals surface area contributed by atoms with Crippen molar-refractivity contribution >= 4 is 10.9 Å². The fourth-order valence-electron chi connectivity index (χ4n) is 3.41. The number of hydrogen-bond donors (Lipinski definition) is 1. The van der Waals surface area contributed by atoms with E-state index < -0.39 is 0 Å². The molecule has 1 aliphatic carbocycles. The van der Waals surface area contributed by atoms with Crippen molar-refractivity contribution in [3.05, 3.63) is 42.1 Å². The number of rotatable bonds is 2. The van der Waals surface area contributed by atoms with Crippen molar-refractivity contribution in [3.8, 4) is 0 Å². The summed E-state index contributed by atoms with van der Waals surface area (Å²) in [6, 6.07) is 10.6. The van der Waals surface area contributed by atoms with E-state index in [1.165, 1.54) is 30.2 Å². The van der Waals surface area contributed by atoms with Crippen LogP contribution in [0.1, 0.15) is 44.6 Å². The van der Waals surface area contributed by atoms with E-state index >= 15 is 0 Å². The van der Waals surface area contributed by atoms with Gasteiger partial charge in [0.25, 0.3) is 0 Å². The highest BCUT2D eigenvalue weighted by atomic mass is 14.8. The van der Waals surface area contributed by atoms with Crippen LogP contribution in [0.4, 0.5) is 0 Å². The predicted octanol–water partition coefficient (Wildman–Crippen LogP) is 3.99. The zero-order valence-electron chi connectivity index (χ0n) is 11.6. The molecule has 2 atom stereocenters. The van der Waals surface area contributed by atoms with Gasteiger partial charge in [-0.2, -0.15) is 0 Å². The molecular weight excluding hydrogens is 232 g/mol. The Balaban J connectivity index is 1.98. The zero-order chi connectivity index (χ0) is 13.3. The highest BCUT2D eigenvalue weighted by Gasteiger charge is 2.33. The SMILES string of the molecule is CCC1CCCC(N)(c2ccc3cccnc3c2)C1. The summed E-state index contributed by atoms with van der Waals surface area (Å²) < 4.78 is 0. The Labute approximate surface area is 115 Å². The van der Waals surface area contributed by atoms with E-state index in [2.05, 4.69) is 36.2 Å². The maximum atomic E-state index is 6.71. The van der Waals surface area contributed by atoms with Crippen molar-refractivity contribution in [1.29, 1.82) is 0 Å². The largest absolute Gasteiger partial charge is 0.321 e. The summed E-state index contributed by atoms with van der Waals surface area (Å²) >= 11 is 0. The normalized spacial score (nSPS) is 27.6. The van der Waals surface area contributed by atoms with E-state index in [0.717, 1.165) is 24.3 Å². The molecule has 19 heavy (non-hydrogen) atoms. The van der Waals surface area contributed by atoms with E-state index in [0.29, 0.717) is 0 Å². The molecule has 2 aromatic rings. The molecule has 2 heteroatoms. The van der Waals surface area contributed by atoms with Crippen molar-refractivity contribution in [2.24, 2.45) is 11.7 Å². The second kappa shape index (κ2) is 4.93. The first-order valence-electron chi connectivity index (χ1n) is 7.35. The monoisotopic (exact) mass is 254 g/mol. The Morgan fingerprint density at radius 3 is 3.11 bits per heavy atom. The molecule has 0 bridgehead atoms. The van der Waals surface area contributed by atoms with Gasteiger partial charge in [0.15, 0.2) is 0 Å². The van der Waals surface area contributed by atoms with Crippen LogP contribution in [0.25, 0.3) is 10.9 Å². The summed E-state index contributed by atoms with van der Waals surface area (Å²) in [7, 11) is 0. The number of fused-ring (bicyclic) bond motifs is 1. The Hall–Kier alpha value is -1.41. The third-order valence-corrected chi connectivity index (χ3v) is 4.65. The minimum Gasteiger partial charge on any atom is -0.321 e. The standard InChI is InChI=1S/C17H22N2/c1-2-13-5-3-9-17(18,12-13)15-8-7-14-6-4-10-19-16(14)11-15/h4,6-8,10-11,13H,2-3,5,9,12,18H2,1H3. The maximum absolute atomic E-state index is 6.71. The number of benzene rings is 1. The van der Waals surface area contributed by atoms with E-state index in [-0.39, 0.29) is 5.54 Å². The van der Waals surface area contributed by atoms with Crippen molar-refractivity contribution < 1.29 is 0 Å². The van der Waals surface area contributed by atoms with Gasteiger partial charge in [0.1, 0.15) is 0 Å². The molecule has 1 aliphatic rings. The molecule has 100 valence electrons. The van der Waals surface area contributed by atoms with Crippen LogP contribution in [0.15, 0.2) is 36.5 Å². The molecule has 1 aromatic carbocycles. The van der Waals surface area contributed by atoms with Crippen LogP contribution >= 0.6 is 0 Å². The van der Waals surface area contributed by atoms with Gasteiger partial charge in [-0.3, -0.25) is 4.98 Å². The molecule has 2 nitrogen and oxygen atoms in total. The van der Waals surface area contributed by atoms with Gasteiger partial charge in [-0.1, -0.05) is 44.4 Å². The van der Waals surface area contributed by atoms with Gasteiger partial charge >= 0.3 is 0 Å². The van der Waals surface area contributed by atoms with Gasteiger partial charge in [0.05, 0.1) is 5.52 Å². The molecule has 0 aliphatic heterocycles. The van der Waals surface area contributed by atoms with Crippen LogP contribution in [0.2, 0.25) is 0 Å². The quantitative estimate of drug-likeness (QED) is 0.880. The first-order chi connectivity index (χ1) is 9.21. The fraction of sp³-hybridized carbons (Fsp3) is 0.471. The molecule has 0 saturated heterocycles. The van der Waals surface area contributed by atoms with Crippen LogP contribution in [0.5, 0.6) is 0 Å². The Bertz CT molecular complexity index is 578. The second-order valence-electron chi connectivity index (χ2n) is 5.94. The van der Waals surface area contributed by atoms with E-state index in [1.807, 2.05) is 12.3 Å². The average Bonchev–Trinajstić information content (AvgIpc) is 2.46. The average molecular weight is 254 g/mol. The highest BCUT2D eigenvalue weighted by Crippen LogP contribution is 2.39. The summed E-state index contributed by atoms with van der Waals surface area (Å²) in [6.07, 6.45) is 7.88. The molecule has 1 saturated carbocycles. The van der Waals surface area contributed by atoms with E-state index in [1.54, 1.807) is 0 Å². The third-order valence-electron chi connectivity index (χ3n) is 4.65. The van der Waals surface area contributed by atoms with Crippen LogP contribution in [0.3, 0.4) is 0 Å². The van der Waals surface area contributed by atoms with Crippen LogP contribution in [0, 0.1) is 5.92 Å². The van der Waals surface area contributed by atoms with Crippen molar-refractivity contribution in [2.45, 2.75) is 44.6 Å². The van der Waals surface area contributed by atoms with Gasteiger partial charge in [-0.25, -0.2) is 0 Å². The first kappa shape index (κ1) is 12.6. The van der Waals surface area contributed by atoms with Crippen molar-refractivity contribution in [3.63, 3.8) is 0 Å². The Kier molecular flexibility index (Phi) is 3.28. The lowest BCUT2D eigenvalue weighted by Gasteiger charge is -2.38. The summed E-state index contributed by atoms with van der Waals surface area (Å²) in [5.41, 5.74) is 8.88. The Morgan fingerprint density at radius 1 is 1.37 bits per heavy atom. The summed E-state index contributed by atoms with van der Waals surface area (Å²) in [6.45, 7) is 2.28. The molecular formula is C17H22N2. The molecule has 1 aromatic heterocycles. The lowest BCUT2D eigenvalue weighted by atomic mass is 9.72. The van der Waals surface area contributed by atoms with Gasteiger partial charge < -0.3 is 5.73 Å².